The smallest absolute Gasteiger partial charge is 0.407 e. The minimum absolute atomic E-state index is 0.203. The molecule has 0 radical (unpaired) electrons. The van der Waals surface area contributed by atoms with Gasteiger partial charge in [-0.2, -0.15) is 0 Å². The number of amides is 2. The SMILES string of the molecule is C=CC(=O)OCC(COC(=O)C=C)(COC(=O)C=C)COC(=O)NCCCCCCNC(=O)OCC(COC(=O)C=C)(COC(=O)C=C)COC(=O)C=C. The van der Waals surface area contributed by atoms with Gasteiger partial charge in [0.1, 0.15) is 63.7 Å². The van der Waals surface area contributed by atoms with Gasteiger partial charge < -0.3 is 48.5 Å². The highest BCUT2D eigenvalue weighted by Gasteiger charge is 2.39. The predicted molar refractivity (Wildman–Crippen MR) is 189 cm³/mol. The van der Waals surface area contributed by atoms with E-state index in [4.69, 9.17) is 37.9 Å². The molecule has 0 saturated heterocycles. The highest BCUT2D eigenvalue weighted by Crippen LogP contribution is 2.23. The Morgan fingerprint density at radius 1 is 0.352 bits per heavy atom. The van der Waals surface area contributed by atoms with Gasteiger partial charge in [-0.15, -0.1) is 0 Å². The van der Waals surface area contributed by atoms with E-state index < -0.39 is 112 Å². The van der Waals surface area contributed by atoms with E-state index in [1.54, 1.807) is 0 Å². The van der Waals surface area contributed by atoms with E-state index in [1.165, 1.54) is 0 Å². The first-order chi connectivity index (χ1) is 25.7. The van der Waals surface area contributed by atoms with E-state index in [-0.39, 0.29) is 13.1 Å². The van der Waals surface area contributed by atoms with Crippen LogP contribution in [0.3, 0.4) is 0 Å². The van der Waals surface area contributed by atoms with Gasteiger partial charge in [0.25, 0.3) is 0 Å². The summed E-state index contributed by atoms with van der Waals surface area (Å²) in [5, 5.41) is 5.11. The van der Waals surface area contributed by atoms with Crippen LogP contribution < -0.4 is 10.6 Å². The number of esters is 6. The Labute approximate surface area is 313 Å². The summed E-state index contributed by atoms with van der Waals surface area (Å²) < 4.78 is 41.0. The summed E-state index contributed by atoms with van der Waals surface area (Å²) in [4.78, 5) is 95.2. The van der Waals surface area contributed by atoms with E-state index in [0.717, 1.165) is 36.5 Å². The van der Waals surface area contributed by atoms with Gasteiger partial charge in [0, 0.05) is 49.5 Å². The Kier molecular flexibility index (Phi) is 24.3. The Morgan fingerprint density at radius 2 is 0.556 bits per heavy atom. The molecule has 0 aliphatic heterocycles. The fourth-order valence-corrected chi connectivity index (χ4v) is 3.72. The summed E-state index contributed by atoms with van der Waals surface area (Å²) in [6.07, 6.45) is 5.98. The highest BCUT2D eigenvalue weighted by molar-refractivity contribution is 5.83. The monoisotopic (exact) mass is 764 g/mol. The van der Waals surface area contributed by atoms with Gasteiger partial charge in [0.05, 0.1) is 0 Å². The first-order valence-electron chi connectivity index (χ1n) is 16.3. The summed E-state index contributed by atoms with van der Waals surface area (Å²) >= 11 is 0. The van der Waals surface area contributed by atoms with Crippen molar-refractivity contribution in [3.63, 3.8) is 0 Å². The van der Waals surface area contributed by atoms with Gasteiger partial charge in [-0.05, 0) is 12.8 Å². The maximum absolute atomic E-state index is 12.4. The minimum Gasteiger partial charge on any atom is -0.462 e. The standard InChI is InChI=1S/C36H48N2O16/c1-7-27(39)47-19-35(20-48-28(40)8-2,21-49-29(41)9-3)25-53-33(45)37-17-15-13-14-16-18-38-34(46)54-26-36(22-50-30(42)10-4,23-51-31(43)11-5)24-52-32(44)12-6/h7-12H,1-6,13-26H2,(H,37,45)(H,38,46). The molecule has 18 heteroatoms. The molecule has 0 aromatic rings. The van der Waals surface area contributed by atoms with Gasteiger partial charge in [0.2, 0.25) is 0 Å². The van der Waals surface area contributed by atoms with Crippen LogP contribution in [0.1, 0.15) is 25.7 Å². The van der Waals surface area contributed by atoms with Crippen molar-refractivity contribution in [2.75, 3.05) is 65.9 Å². The van der Waals surface area contributed by atoms with Crippen LogP contribution in [-0.4, -0.2) is 114 Å². The maximum atomic E-state index is 12.4. The summed E-state index contributed by atoms with van der Waals surface area (Å²) in [6.45, 7) is 16.4. The molecule has 0 saturated carbocycles. The second kappa shape index (κ2) is 27.5. The molecular weight excluding hydrogens is 716 g/mol. The number of unbranched alkanes of at least 4 members (excludes halogenated alkanes) is 3. The minimum atomic E-state index is -1.47. The molecule has 0 aromatic carbocycles. The molecule has 298 valence electrons. The number of carbonyl (C=O) groups is 8. The van der Waals surface area contributed by atoms with Crippen LogP contribution in [0, 0.1) is 10.8 Å². The zero-order chi connectivity index (χ0) is 40.8. The number of nitrogens with one attached hydrogen (secondary N) is 2. The molecule has 0 bridgehead atoms. The second-order valence-electron chi connectivity index (χ2n) is 11.3. The van der Waals surface area contributed by atoms with Crippen LogP contribution in [0.4, 0.5) is 9.59 Å². The fraction of sp³-hybridized carbons (Fsp3) is 0.444. The van der Waals surface area contributed by atoms with Gasteiger partial charge >= 0.3 is 48.0 Å². The van der Waals surface area contributed by atoms with E-state index in [2.05, 4.69) is 50.1 Å². The van der Waals surface area contributed by atoms with Crippen molar-refractivity contribution in [1.82, 2.24) is 10.6 Å². The summed E-state index contributed by atoms with van der Waals surface area (Å²) in [5.74, 6) is -4.92. The van der Waals surface area contributed by atoms with Crippen LogP contribution in [-0.2, 0) is 66.7 Å². The molecular formula is C36H48N2O16. The summed E-state index contributed by atoms with van der Waals surface area (Å²) in [5.41, 5.74) is -2.95. The average molecular weight is 765 g/mol. The zero-order valence-corrected chi connectivity index (χ0v) is 30.1. The lowest BCUT2D eigenvalue weighted by Gasteiger charge is -2.31. The number of hydrogen-bond acceptors (Lipinski definition) is 16. The molecule has 54 heavy (non-hydrogen) atoms. The van der Waals surface area contributed by atoms with Gasteiger partial charge in [-0.3, -0.25) is 0 Å². The van der Waals surface area contributed by atoms with E-state index in [0.29, 0.717) is 25.7 Å². The van der Waals surface area contributed by atoms with E-state index in [1.807, 2.05) is 0 Å². The molecule has 0 spiro atoms. The third kappa shape index (κ3) is 21.9. The Hall–Kier alpha value is -6.20. The van der Waals surface area contributed by atoms with Crippen LogP contribution in [0.25, 0.3) is 0 Å². The zero-order valence-electron chi connectivity index (χ0n) is 30.1. The number of hydrogen-bond donors (Lipinski definition) is 2. The lowest BCUT2D eigenvalue weighted by Crippen LogP contribution is -2.44. The van der Waals surface area contributed by atoms with Crippen LogP contribution >= 0.6 is 0 Å². The van der Waals surface area contributed by atoms with E-state index in [9.17, 15) is 38.4 Å². The first-order valence-corrected chi connectivity index (χ1v) is 16.3. The first kappa shape index (κ1) is 47.8. The van der Waals surface area contributed by atoms with Crippen molar-refractivity contribution in [3.8, 4) is 0 Å². The Morgan fingerprint density at radius 3 is 0.759 bits per heavy atom. The number of alkyl carbamates (subject to hydrolysis) is 2. The molecule has 0 unspecified atom stereocenters. The number of ether oxygens (including phenoxy) is 8. The fourth-order valence-electron chi connectivity index (χ4n) is 3.72. The molecule has 0 heterocycles. The molecule has 18 nitrogen and oxygen atoms in total. The van der Waals surface area contributed by atoms with Crippen molar-refractivity contribution in [2.45, 2.75) is 25.7 Å². The quantitative estimate of drug-likeness (QED) is 0.0481. The Balaban J connectivity index is 4.97. The van der Waals surface area contributed by atoms with Crippen molar-refractivity contribution in [2.24, 2.45) is 10.8 Å². The lowest BCUT2D eigenvalue weighted by molar-refractivity contribution is -0.161. The average Bonchev–Trinajstić information content (AvgIpc) is 3.19. The normalized spacial score (nSPS) is 10.4. The lowest BCUT2D eigenvalue weighted by atomic mass is 9.92. The van der Waals surface area contributed by atoms with Crippen molar-refractivity contribution in [1.29, 1.82) is 0 Å². The molecule has 0 rings (SSSR count). The van der Waals surface area contributed by atoms with Crippen molar-refractivity contribution < 1.29 is 76.3 Å². The topological polar surface area (TPSA) is 234 Å². The van der Waals surface area contributed by atoms with E-state index >= 15 is 0 Å². The summed E-state index contributed by atoms with van der Waals surface area (Å²) in [6, 6.07) is 0. The molecule has 2 N–H and O–H groups in total. The van der Waals surface area contributed by atoms with Gasteiger partial charge in [-0.1, -0.05) is 52.3 Å². The number of rotatable bonds is 29. The van der Waals surface area contributed by atoms with Crippen LogP contribution in [0.5, 0.6) is 0 Å². The molecule has 0 atom stereocenters. The van der Waals surface area contributed by atoms with Crippen molar-refractivity contribution in [3.05, 3.63) is 75.9 Å². The third-order valence-corrected chi connectivity index (χ3v) is 6.78. The third-order valence-electron chi connectivity index (χ3n) is 6.78. The van der Waals surface area contributed by atoms with Crippen molar-refractivity contribution >= 4 is 48.0 Å². The predicted octanol–water partition coefficient (Wildman–Crippen LogP) is 2.35. The number of carbonyl (C=O) groups excluding carboxylic acids is 8. The molecule has 0 aromatic heterocycles. The molecule has 2 amide bonds. The summed E-state index contributed by atoms with van der Waals surface area (Å²) in [7, 11) is 0. The van der Waals surface area contributed by atoms with Crippen LogP contribution in [0.15, 0.2) is 75.9 Å². The Bertz CT molecular complexity index is 1150. The largest absolute Gasteiger partial charge is 0.462 e. The second-order valence-corrected chi connectivity index (χ2v) is 11.3. The highest BCUT2D eigenvalue weighted by atomic mass is 16.6. The van der Waals surface area contributed by atoms with Crippen LogP contribution in [0.2, 0.25) is 0 Å². The molecule has 0 aliphatic rings. The molecule has 0 fully saturated rings. The van der Waals surface area contributed by atoms with Gasteiger partial charge in [0.15, 0.2) is 0 Å². The maximum Gasteiger partial charge on any atom is 0.407 e. The van der Waals surface area contributed by atoms with Gasteiger partial charge in [-0.25, -0.2) is 38.4 Å². The molecule has 0 aliphatic carbocycles.